The molecule has 2 N–H and O–H groups in total. The van der Waals surface area contributed by atoms with Crippen molar-refractivity contribution in [1.29, 1.82) is 0 Å². The lowest BCUT2D eigenvalue weighted by atomic mass is 10.0. The first kappa shape index (κ1) is 9.85. The zero-order valence-corrected chi connectivity index (χ0v) is 7.10. The first-order valence-corrected chi connectivity index (χ1v) is 3.73. The van der Waals surface area contributed by atoms with Crippen LogP contribution in [0.25, 0.3) is 0 Å². The largest absolute Gasteiger partial charge is 0.354 e. The number of Topliss-reactive ketones (excluding diaryl/α,β-unsaturated/α-hetero) is 1. The van der Waals surface area contributed by atoms with Gasteiger partial charge in [0.1, 0.15) is 0 Å². The van der Waals surface area contributed by atoms with Crippen molar-refractivity contribution in [3.05, 3.63) is 35.9 Å². The molecule has 0 fully saturated rings. The summed E-state index contributed by atoms with van der Waals surface area (Å²) in [6.07, 6.45) is 0. The molecule has 4 nitrogen and oxygen atoms in total. The molecule has 0 bridgehead atoms. The van der Waals surface area contributed by atoms with Crippen LogP contribution >= 0.6 is 0 Å². The predicted octanol–water partition coefficient (Wildman–Crippen LogP) is 0.910. The Morgan fingerprint density at radius 2 is 1.92 bits per heavy atom. The van der Waals surface area contributed by atoms with Crippen LogP contribution in [0, 0.1) is 0 Å². The molecular weight excluding hydrogens is 172 g/mol. The van der Waals surface area contributed by atoms with Gasteiger partial charge in [0.25, 0.3) is 5.79 Å². The Morgan fingerprint density at radius 1 is 1.38 bits per heavy atom. The van der Waals surface area contributed by atoms with E-state index in [4.69, 9.17) is 5.26 Å². The van der Waals surface area contributed by atoms with Crippen LogP contribution in [-0.2, 0) is 15.5 Å². The lowest BCUT2D eigenvalue weighted by Gasteiger charge is -2.20. The Bertz CT molecular complexity index is 296. The molecule has 0 aromatic heterocycles. The monoisotopic (exact) mass is 182 g/mol. The second-order valence-corrected chi connectivity index (χ2v) is 2.66. The third kappa shape index (κ3) is 1.75. The molecule has 1 aromatic carbocycles. The number of hydrogen-bond donors (Lipinski definition) is 2. The van der Waals surface area contributed by atoms with Crippen LogP contribution < -0.4 is 0 Å². The Balaban J connectivity index is 3.11. The summed E-state index contributed by atoms with van der Waals surface area (Å²) in [6, 6.07) is 7.95. The van der Waals surface area contributed by atoms with Gasteiger partial charge < -0.3 is 5.11 Å². The standard InChI is InChI=1S/C9H10O4/c1-7(10)9(11,13-12)8-5-3-2-4-6-8/h2-6,11-12H,1H3. The van der Waals surface area contributed by atoms with Crippen molar-refractivity contribution in [3.63, 3.8) is 0 Å². The average molecular weight is 182 g/mol. The molecule has 70 valence electrons. The molecule has 1 unspecified atom stereocenters. The van der Waals surface area contributed by atoms with Crippen molar-refractivity contribution in [2.75, 3.05) is 0 Å². The summed E-state index contributed by atoms with van der Waals surface area (Å²) in [5.41, 5.74) is 0.199. The third-order valence-corrected chi connectivity index (χ3v) is 1.77. The zero-order valence-electron chi connectivity index (χ0n) is 7.10. The highest BCUT2D eigenvalue weighted by Gasteiger charge is 2.36. The summed E-state index contributed by atoms with van der Waals surface area (Å²) in [5, 5.41) is 18.0. The van der Waals surface area contributed by atoms with E-state index in [9.17, 15) is 9.90 Å². The predicted molar refractivity (Wildman–Crippen MR) is 44.7 cm³/mol. The van der Waals surface area contributed by atoms with E-state index in [2.05, 4.69) is 4.89 Å². The van der Waals surface area contributed by atoms with Crippen LogP contribution in [0.15, 0.2) is 30.3 Å². The van der Waals surface area contributed by atoms with Crippen LogP contribution in [0.4, 0.5) is 0 Å². The topological polar surface area (TPSA) is 66.8 Å². The molecule has 0 saturated heterocycles. The maximum Gasteiger partial charge on any atom is 0.284 e. The molecule has 1 atom stereocenters. The van der Waals surface area contributed by atoms with E-state index in [-0.39, 0.29) is 5.56 Å². The van der Waals surface area contributed by atoms with E-state index in [1.54, 1.807) is 18.2 Å². The Morgan fingerprint density at radius 3 is 2.31 bits per heavy atom. The van der Waals surface area contributed by atoms with E-state index < -0.39 is 11.6 Å². The van der Waals surface area contributed by atoms with Crippen molar-refractivity contribution >= 4 is 5.78 Å². The highest BCUT2D eigenvalue weighted by molar-refractivity contribution is 5.84. The van der Waals surface area contributed by atoms with Gasteiger partial charge in [-0.05, 0) is 0 Å². The third-order valence-electron chi connectivity index (χ3n) is 1.77. The quantitative estimate of drug-likeness (QED) is 0.414. The van der Waals surface area contributed by atoms with E-state index in [1.165, 1.54) is 12.1 Å². The van der Waals surface area contributed by atoms with Crippen molar-refractivity contribution in [3.8, 4) is 0 Å². The molecule has 0 aliphatic rings. The van der Waals surface area contributed by atoms with Gasteiger partial charge in [0.05, 0.1) is 0 Å². The molecule has 0 amide bonds. The summed E-state index contributed by atoms with van der Waals surface area (Å²) in [6.45, 7) is 1.13. The van der Waals surface area contributed by atoms with Gasteiger partial charge in [-0.3, -0.25) is 4.79 Å². The van der Waals surface area contributed by atoms with Gasteiger partial charge in [-0.1, -0.05) is 30.3 Å². The minimum atomic E-state index is -2.25. The number of ketones is 1. The molecule has 0 heterocycles. The van der Waals surface area contributed by atoms with E-state index in [1.807, 2.05) is 0 Å². The van der Waals surface area contributed by atoms with E-state index >= 15 is 0 Å². The first-order valence-electron chi connectivity index (χ1n) is 3.73. The van der Waals surface area contributed by atoms with Gasteiger partial charge in [-0.2, -0.15) is 4.89 Å². The number of carbonyl (C=O) groups is 1. The van der Waals surface area contributed by atoms with Gasteiger partial charge in [0.2, 0.25) is 0 Å². The zero-order chi connectivity index (χ0) is 9.90. The summed E-state index contributed by atoms with van der Waals surface area (Å²) < 4.78 is 0. The van der Waals surface area contributed by atoms with Crippen LogP contribution in [0.1, 0.15) is 12.5 Å². The van der Waals surface area contributed by atoms with Crippen molar-refractivity contribution in [1.82, 2.24) is 0 Å². The smallest absolute Gasteiger partial charge is 0.284 e. The molecule has 13 heavy (non-hydrogen) atoms. The lowest BCUT2D eigenvalue weighted by Crippen LogP contribution is -2.35. The number of hydrogen-bond acceptors (Lipinski definition) is 4. The van der Waals surface area contributed by atoms with E-state index in [0.717, 1.165) is 6.92 Å². The van der Waals surface area contributed by atoms with Crippen molar-refractivity contribution in [2.45, 2.75) is 12.7 Å². The van der Waals surface area contributed by atoms with E-state index in [0.29, 0.717) is 0 Å². The fraction of sp³-hybridized carbons (Fsp3) is 0.222. The number of benzene rings is 1. The molecule has 4 heteroatoms. The fourth-order valence-electron chi connectivity index (χ4n) is 0.984. The van der Waals surface area contributed by atoms with Crippen LogP contribution in [-0.4, -0.2) is 16.1 Å². The molecule has 0 radical (unpaired) electrons. The molecule has 1 aromatic rings. The average Bonchev–Trinajstić information content (AvgIpc) is 2.17. The number of aliphatic hydroxyl groups is 1. The van der Waals surface area contributed by atoms with Crippen LogP contribution in [0.5, 0.6) is 0 Å². The Kier molecular flexibility index (Phi) is 2.77. The lowest BCUT2D eigenvalue weighted by molar-refractivity contribution is -0.380. The minimum Gasteiger partial charge on any atom is -0.354 e. The van der Waals surface area contributed by atoms with Crippen LogP contribution in [0.3, 0.4) is 0 Å². The molecule has 0 saturated carbocycles. The van der Waals surface area contributed by atoms with Gasteiger partial charge in [0.15, 0.2) is 5.78 Å². The van der Waals surface area contributed by atoms with Crippen molar-refractivity contribution < 1.29 is 20.0 Å². The van der Waals surface area contributed by atoms with Gasteiger partial charge >= 0.3 is 0 Å². The van der Waals surface area contributed by atoms with Gasteiger partial charge in [0, 0.05) is 12.5 Å². The highest BCUT2D eigenvalue weighted by Crippen LogP contribution is 2.22. The first-order chi connectivity index (χ1) is 6.11. The SMILES string of the molecule is CC(=O)C(O)(OO)c1ccccc1. The molecule has 0 aliphatic heterocycles. The van der Waals surface area contributed by atoms with Crippen LogP contribution in [0.2, 0.25) is 0 Å². The molecule has 0 spiro atoms. The molecular formula is C9H10O4. The summed E-state index contributed by atoms with van der Waals surface area (Å²) in [7, 11) is 0. The normalized spacial score (nSPS) is 15.0. The Labute approximate surface area is 75.3 Å². The maximum atomic E-state index is 11.0. The highest BCUT2D eigenvalue weighted by atomic mass is 17.1. The van der Waals surface area contributed by atoms with Gasteiger partial charge in [-0.25, -0.2) is 5.26 Å². The second kappa shape index (κ2) is 3.66. The molecule has 1 rings (SSSR count). The summed E-state index contributed by atoms with van der Waals surface area (Å²) in [4.78, 5) is 14.8. The number of rotatable bonds is 3. The second-order valence-electron chi connectivity index (χ2n) is 2.66. The van der Waals surface area contributed by atoms with Gasteiger partial charge in [-0.15, -0.1) is 0 Å². The summed E-state index contributed by atoms with van der Waals surface area (Å²) in [5.74, 6) is -2.93. The number of carbonyl (C=O) groups excluding carboxylic acids is 1. The van der Waals surface area contributed by atoms with Crippen molar-refractivity contribution in [2.24, 2.45) is 0 Å². The Hall–Kier alpha value is -1.23. The fourth-order valence-corrected chi connectivity index (χ4v) is 0.984. The molecule has 0 aliphatic carbocycles. The maximum absolute atomic E-state index is 11.0. The minimum absolute atomic E-state index is 0.199. The summed E-state index contributed by atoms with van der Waals surface area (Å²) >= 11 is 0.